The Hall–Kier alpha value is -1.42. The van der Waals surface area contributed by atoms with Gasteiger partial charge in [-0.05, 0) is 20.8 Å². The molecule has 2 heterocycles. The summed E-state index contributed by atoms with van der Waals surface area (Å²) in [7, 11) is 0. The highest BCUT2D eigenvalue weighted by molar-refractivity contribution is 6.29. The van der Waals surface area contributed by atoms with Gasteiger partial charge in [0.15, 0.2) is 0 Å². The SMILES string of the molecule is Cc1nc(Cl)cc(-c2c(C)noc2C)n1. The molecule has 0 unspecified atom stereocenters. The largest absolute Gasteiger partial charge is 0.361 e. The third kappa shape index (κ3) is 1.85. The van der Waals surface area contributed by atoms with Crippen LogP contribution in [0, 0.1) is 20.8 Å². The first-order valence-corrected chi connectivity index (χ1v) is 4.90. The Morgan fingerprint density at radius 1 is 1.20 bits per heavy atom. The zero-order chi connectivity index (χ0) is 11.0. The van der Waals surface area contributed by atoms with E-state index in [0.29, 0.717) is 11.0 Å². The van der Waals surface area contributed by atoms with Crippen LogP contribution in [0.1, 0.15) is 17.3 Å². The molecule has 78 valence electrons. The highest BCUT2D eigenvalue weighted by Crippen LogP contribution is 2.26. The van der Waals surface area contributed by atoms with Crippen LogP contribution >= 0.6 is 11.6 Å². The minimum absolute atomic E-state index is 0.428. The molecule has 0 atom stereocenters. The van der Waals surface area contributed by atoms with Crippen molar-refractivity contribution in [1.82, 2.24) is 15.1 Å². The summed E-state index contributed by atoms with van der Waals surface area (Å²) in [6.07, 6.45) is 0. The molecule has 0 aromatic carbocycles. The van der Waals surface area contributed by atoms with Gasteiger partial charge in [0.1, 0.15) is 16.7 Å². The number of hydrogen-bond donors (Lipinski definition) is 0. The Bertz CT molecular complexity index is 468. The zero-order valence-electron chi connectivity index (χ0n) is 8.71. The molecule has 2 aromatic rings. The molecule has 2 rings (SSSR count). The molecule has 0 saturated heterocycles. The van der Waals surface area contributed by atoms with E-state index in [-0.39, 0.29) is 0 Å². The van der Waals surface area contributed by atoms with Crippen molar-refractivity contribution in [2.75, 3.05) is 0 Å². The van der Waals surface area contributed by atoms with Gasteiger partial charge in [-0.25, -0.2) is 9.97 Å². The van der Waals surface area contributed by atoms with Crippen LogP contribution in [0.5, 0.6) is 0 Å². The molecule has 0 aliphatic rings. The van der Waals surface area contributed by atoms with Crippen molar-refractivity contribution in [2.24, 2.45) is 0 Å². The highest BCUT2D eigenvalue weighted by Gasteiger charge is 2.13. The van der Waals surface area contributed by atoms with Gasteiger partial charge in [0.25, 0.3) is 0 Å². The summed E-state index contributed by atoms with van der Waals surface area (Å²) in [6.45, 7) is 5.52. The lowest BCUT2D eigenvalue weighted by Crippen LogP contribution is -1.93. The average molecular weight is 224 g/mol. The number of hydrogen-bond acceptors (Lipinski definition) is 4. The minimum Gasteiger partial charge on any atom is -0.361 e. The van der Waals surface area contributed by atoms with Gasteiger partial charge in [-0.15, -0.1) is 0 Å². The van der Waals surface area contributed by atoms with E-state index in [2.05, 4.69) is 15.1 Å². The fraction of sp³-hybridized carbons (Fsp3) is 0.300. The van der Waals surface area contributed by atoms with Crippen LogP contribution in [-0.4, -0.2) is 15.1 Å². The number of rotatable bonds is 1. The van der Waals surface area contributed by atoms with Gasteiger partial charge < -0.3 is 4.52 Å². The van der Waals surface area contributed by atoms with Crippen LogP contribution in [0.25, 0.3) is 11.3 Å². The fourth-order valence-corrected chi connectivity index (χ4v) is 1.73. The molecule has 0 N–H and O–H groups in total. The third-order valence-corrected chi connectivity index (χ3v) is 2.29. The third-order valence-electron chi connectivity index (χ3n) is 2.10. The molecule has 15 heavy (non-hydrogen) atoms. The summed E-state index contributed by atoms with van der Waals surface area (Å²) in [4.78, 5) is 8.31. The minimum atomic E-state index is 0.428. The van der Waals surface area contributed by atoms with Gasteiger partial charge in [0, 0.05) is 6.07 Å². The molecule has 0 radical (unpaired) electrons. The Balaban J connectivity index is 2.63. The summed E-state index contributed by atoms with van der Waals surface area (Å²) in [6, 6.07) is 1.71. The second kappa shape index (κ2) is 3.62. The maximum absolute atomic E-state index is 5.87. The van der Waals surface area contributed by atoms with E-state index in [1.807, 2.05) is 13.8 Å². The first-order valence-electron chi connectivity index (χ1n) is 4.52. The Labute approximate surface area is 92.3 Å². The molecular formula is C10H10ClN3O. The van der Waals surface area contributed by atoms with E-state index in [1.165, 1.54) is 0 Å². The second-order valence-electron chi connectivity index (χ2n) is 3.32. The van der Waals surface area contributed by atoms with Crippen LogP contribution in [0.3, 0.4) is 0 Å². The standard InChI is InChI=1S/C10H10ClN3O/c1-5-10(6(2)15-14-5)8-4-9(11)13-7(3)12-8/h4H,1-3H3. The molecule has 0 aliphatic heterocycles. The smallest absolute Gasteiger partial charge is 0.143 e. The van der Waals surface area contributed by atoms with Crippen molar-refractivity contribution in [3.05, 3.63) is 28.5 Å². The van der Waals surface area contributed by atoms with Crippen LogP contribution in [-0.2, 0) is 0 Å². The Morgan fingerprint density at radius 2 is 1.93 bits per heavy atom. The van der Waals surface area contributed by atoms with Gasteiger partial charge in [0.2, 0.25) is 0 Å². The summed E-state index contributed by atoms with van der Waals surface area (Å²) in [5.74, 6) is 1.37. The number of aromatic nitrogens is 3. The summed E-state index contributed by atoms with van der Waals surface area (Å²) >= 11 is 5.87. The van der Waals surface area contributed by atoms with Crippen LogP contribution in [0.15, 0.2) is 10.6 Å². The lowest BCUT2D eigenvalue weighted by Gasteiger charge is -2.01. The molecular weight excluding hydrogens is 214 g/mol. The van der Waals surface area contributed by atoms with Gasteiger partial charge in [-0.2, -0.15) is 0 Å². The molecule has 4 nitrogen and oxygen atoms in total. The van der Waals surface area contributed by atoms with Crippen LogP contribution < -0.4 is 0 Å². The van der Waals surface area contributed by atoms with Crippen molar-refractivity contribution < 1.29 is 4.52 Å². The molecule has 0 saturated carbocycles. The zero-order valence-corrected chi connectivity index (χ0v) is 9.46. The van der Waals surface area contributed by atoms with E-state index < -0.39 is 0 Å². The van der Waals surface area contributed by atoms with Gasteiger partial charge >= 0.3 is 0 Å². The molecule has 0 bridgehead atoms. The van der Waals surface area contributed by atoms with Crippen LogP contribution in [0.4, 0.5) is 0 Å². The predicted octanol–water partition coefficient (Wildman–Crippen LogP) is 2.71. The van der Waals surface area contributed by atoms with Crippen LogP contribution in [0.2, 0.25) is 5.15 Å². The van der Waals surface area contributed by atoms with E-state index >= 15 is 0 Å². The van der Waals surface area contributed by atoms with Gasteiger partial charge in [-0.1, -0.05) is 16.8 Å². The Kier molecular flexibility index (Phi) is 2.44. The maximum Gasteiger partial charge on any atom is 0.143 e. The maximum atomic E-state index is 5.87. The lowest BCUT2D eigenvalue weighted by atomic mass is 10.1. The average Bonchev–Trinajstić information content (AvgIpc) is 2.44. The molecule has 0 fully saturated rings. The molecule has 5 heteroatoms. The van der Waals surface area contributed by atoms with Crippen molar-refractivity contribution in [2.45, 2.75) is 20.8 Å². The molecule has 2 aromatic heterocycles. The number of aryl methyl sites for hydroxylation is 3. The fourth-order valence-electron chi connectivity index (χ4n) is 1.51. The van der Waals surface area contributed by atoms with Crippen molar-refractivity contribution in [1.29, 1.82) is 0 Å². The molecule has 0 spiro atoms. The predicted molar refractivity (Wildman–Crippen MR) is 56.8 cm³/mol. The second-order valence-corrected chi connectivity index (χ2v) is 3.71. The summed E-state index contributed by atoms with van der Waals surface area (Å²) in [5.41, 5.74) is 2.45. The quantitative estimate of drug-likeness (QED) is 0.698. The monoisotopic (exact) mass is 223 g/mol. The lowest BCUT2D eigenvalue weighted by molar-refractivity contribution is 0.393. The summed E-state index contributed by atoms with van der Waals surface area (Å²) in [5, 5.41) is 4.30. The molecule has 0 aliphatic carbocycles. The normalized spacial score (nSPS) is 10.7. The van der Waals surface area contributed by atoms with Crippen molar-refractivity contribution in [3.63, 3.8) is 0 Å². The van der Waals surface area contributed by atoms with E-state index in [9.17, 15) is 0 Å². The summed E-state index contributed by atoms with van der Waals surface area (Å²) < 4.78 is 5.08. The highest BCUT2D eigenvalue weighted by atomic mass is 35.5. The molecule has 0 amide bonds. The van der Waals surface area contributed by atoms with Crippen molar-refractivity contribution >= 4 is 11.6 Å². The van der Waals surface area contributed by atoms with E-state index in [4.69, 9.17) is 16.1 Å². The Morgan fingerprint density at radius 3 is 2.47 bits per heavy atom. The topological polar surface area (TPSA) is 51.8 Å². The van der Waals surface area contributed by atoms with Crippen molar-refractivity contribution in [3.8, 4) is 11.3 Å². The number of halogens is 1. The van der Waals surface area contributed by atoms with Gasteiger partial charge in [0.05, 0.1) is 17.0 Å². The van der Waals surface area contributed by atoms with E-state index in [0.717, 1.165) is 22.7 Å². The first kappa shape index (κ1) is 10.1. The number of nitrogens with zero attached hydrogens (tertiary/aromatic N) is 3. The first-order chi connectivity index (χ1) is 7.08. The van der Waals surface area contributed by atoms with Gasteiger partial charge in [-0.3, -0.25) is 0 Å². The van der Waals surface area contributed by atoms with E-state index in [1.54, 1.807) is 13.0 Å².